The molecule has 2 heterocycles. The fraction of sp³-hybridized carbons (Fsp3) is 0.333. The van der Waals surface area contributed by atoms with E-state index >= 15 is 0 Å². The van der Waals surface area contributed by atoms with Gasteiger partial charge in [0, 0.05) is 31.8 Å². The molecule has 144 valence electrons. The quantitative estimate of drug-likeness (QED) is 0.407. The maximum Gasteiger partial charge on any atom is 0.488 e. The lowest BCUT2D eigenvalue weighted by atomic mass is 9.80. The van der Waals surface area contributed by atoms with Crippen molar-refractivity contribution in [2.24, 2.45) is 12.1 Å². The molecule has 3 atom stereocenters. The van der Waals surface area contributed by atoms with Gasteiger partial charge in [-0.15, -0.1) is 9.69 Å². The number of hydrogen-bond donors (Lipinski definition) is 2. The maximum atomic E-state index is 12.2. The van der Waals surface area contributed by atoms with Gasteiger partial charge in [-0.2, -0.15) is 0 Å². The molecule has 0 spiro atoms. The number of benzene rings is 1. The van der Waals surface area contributed by atoms with E-state index in [-0.39, 0.29) is 23.2 Å². The Hall–Kier alpha value is -2.82. The molecule has 28 heavy (non-hydrogen) atoms. The first kappa shape index (κ1) is 18.5. The number of carbonyl (C=O) groups excluding carboxylic acids is 1. The third kappa shape index (κ3) is 3.15. The number of nitrogens with zero attached hydrogens (tertiary/aromatic N) is 5. The van der Waals surface area contributed by atoms with E-state index in [0.29, 0.717) is 11.0 Å². The molecule has 1 aromatic heterocycles. The van der Waals surface area contributed by atoms with Crippen molar-refractivity contribution in [1.82, 2.24) is 19.6 Å². The number of hydrogen-bond acceptors (Lipinski definition) is 7. The highest BCUT2D eigenvalue weighted by molar-refractivity contribution is 6.58. The minimum Gasteiger partial charge on any atom is -0.462 e. The lowest BCUT2D eigenvalue weighted by Gasteiger charge is -2.26. The van der Waals surface area contributed by atoms with Crippen molar-refractivity contribution in [1.29, 1.82) is 0 Å². The molecular formula is C18H21BN5O4+. The van der Waals surface area contributed by atoms with Crippen LogP contribution in [0.1, 0.15) is 25.0 Å². The number of aryl methyl sites for hydroxylation is 1. The Kier molecular flexibility index (Phi) is 4.62. The first-order valence-corrected chi connectivity index (χ1v) is 9.11. The van der Waals surface area contributed by atoms with Crippen LogP contribution in [0.15, 0.2) is 47.3 Å². The van der Waals surface area contributed by atoms with Crippen molar-refractivity contribution in [2.45, 2.75) is 25.3 Å². The summed E-state index contributed by atoms with van der Waals surface area (Å²) < 4.78 is 6.83. The summed E-state index contributed by atoms with van der Waals surface area (Å²) in [6.45, 7) is 2.03. The number of esters is 1. The summed E-state index contributed by atoms with van der Waals surface area (Å²) >= 11 is 0. The summed E-state index contributed by atoms with van der Waals surface area (Å²) in [6.07, 6.45) is 5.98. The maximum absolute atomic E-state index is 12.2. The van der Waals surface area contributed by atoms with Crippen LogP contribution in [0.2, 0.25) is 0 Å². The summed E-state index contributed by atoms with van der Waals surface area (Å²) in [5, 5.41) is 32.0. The summed E-state index contributed by atoms with van der Waals surface area (Å²) in [7, 11) is 0.229. The zero-order chi connectivity index (χ0) is 19.9. The minimum atomic E-state index is -1.59. The molecule has 3 unspecified atom stereocenters. The van der Waals surface area contributed by atoms with E-state index in [1.54, 1.807) is 36.0 Å². The van der Waals surface area contributed by atoms with Gasteiger partial charge in [-0.1, -0.05) is 22.4 Å². The van der Waals surface area contributed by atoms with Crippen LogP contribution < -0.4 is 10.1 Å². The van der Waals surface area contributed by atoms with Crippen molar-refractivity contribution in [3.05, 3.63) is 47.9 Å². The summed E-state index contributed by atoms with van der Waals surface area (Å²) in [5.74, 6) is -0.298. The normalized spacial score (nSPS) is 25.5. The molecule has 0 saturated heterocycles. The summed E-state index contributed by atoms with van der Waals surface area (Å²) in [6, 6.07) is 6.95. The lowest BCUT2D eigenvalue weighted by Crippen LogP contribution is -2.41. The molecule has 1 fully saturated rings. The Labute approximate surface area is 162 Å². The van der Waals surface area contributed by atoms with Gasteiger partial charge in [0.1, 0.15) is 24.0 Å². The van der Waals surface area contributed by atoms with Crippen LogP contribution in [0.5, 0.6) is 0 Å². The molecule has 1 aromatic carbocycles. The van der Waals surface area contributed by atoms with Gasteiger partial charge in [0.05, 0.1) is 18.2 Å². The van der Waals surface area contributed by atoms with Gasteiger partial charge in [-0.25, -0.2) is 4.79 Å². The predicted molar refractivity (Wildman–Crippen MR) is 103 cm³/mol. The van der Waals surface area contributed by atoms with Crippen LogP contribution in [0.4, 0.5) is 5.69 Å². The second-order valence-corrected chi connectivity index (χ2v) is 6.98. The van der Waals surface area contributed by atoms with Crippen LogP contribution in [-0.2, 0) is 16.6 Å². The first-order valence-electron chi connectivity index (χ1n) is 9.11. The van der Waals surface area contributed by atoms with Gasteiger partial charge < -0.3 is 14.8 Å². The number of ether oxygens (including phenoxy) is 1. The number of aromatic nitrogens is 3. The topological polar surface area (TPSA) is 110 Å². The molecule has 9 nitrogen and oxygen atoms in total. The Morgan fingerprint density at radius 2 is 2.25 bits per heavy atom. The van der Waals surface area contributed by atoms with Crippen LogP contribution in [-0.4, -0.2) is 57.0 Å². The summed E-state index contributed by atoms with van der Waals surface area (Å²) in [5.41, 5.74) is 2.34. The van der Waals surface area contributed by atoms with E-state index in [4.69, 9.17) is 4.74 Å². The second-order valence-electron chi connectivity index (χ2n) is 6.98. The van der Waals surface area contributed by atoms with E-state index in [2.05, 4.69) is 15.4 Å². The molecule has 2 aliphatic rings. The van der Waals surface area contributed by atoms with Crippen LogP contribution in [0.3, 0.4) is 0 Å². The highest BCUT2D eigenvalue weighted by atomic mass is 16.5. The van der Waals surface area contributed by atoms with Gasteiger partial charge in [0.2, 0.25) is 0 Å². The molecule has 4 rings (SSSR count). The highest BCUT2D eigenvalue weighted by Crippen LogP contribution is 2.51. The van der Waals surface area contributed by atoms with Gasteiger partial charge in [0.15, 0.2) is 5.69 Å². The lowest BCUT2D eigenvalue weighted by molar-refractivity contribution is -0.137. The fourth-order valence-electron chi connectivity index (χ4n) is 3.65. The average Bonchev–Trinajstić information content (AvgIpc) is 3.16. The molecular weight excluding hydrogens is 361 g/mol. The first-order chi connectivity index (χ1) is 13.4. The van der Waals surface area contributed by atoms with Crippen LogP contribution in [0.25, 0.3) is 0 Å². The van der Waals surface area contributed by atoms with Gasteiger partial charge in [-0.05, 0) is 12.4 Å². The van der Waals surface area contributed by atoms with Crippen molar-refractivity contribution in [3.63, 3.8) is 0 Å². The van der Waals surface area contributed by atoms with Gasteiger partial charge in [-0.3, -0.25) is 4.68 Å². The van der Waals surface area contributed by atoms with Gasteiger partial charge >= 0.3 is 13.1 Å². The van der Waals surface area contributed by atoms with E-state index in [1.165, 1.54) is 6.21 Å². The summed E-state index contributed by atoms with van der Waals surface area (Å²) in [4.78, 5) is 12.2. The van der Waals surface area contributed by atoms with E-state index in [1.807, 2.05) is 19.3 Å². The SMILES string of the molecule is CCOC(=O)C1=C[N+](c2cccc(B(O)O)c2)(C2CC2c2cn(C)nn2)N=C1. The standard InChI is InChI=1S/C18H21BN5O4/c1-3-28-18(25)12-9-20-24(11-12,14-6-4-5-13(7-14)19(26)27)17-8-15(17)16-10-23(2)22-21-16/h4-7,9-11,15,17,26-27H,3,8H2,1-2H3/q+1. The Balaban J connectivity index is 1.74. The molecule has 0 radical (unpaired) electrons. The number of rotatable bonds is 6. The molecule has 1 saturated carbocycles. The molecule has 2 aromatic rings. The van der Waals surface area contributed by atoms with Crippen molar-refractivity contribution < 1.29 is 19.6 Å². The van der Waals surface area contributed by atoms with Crippen LogP contribution >= 0.6 is 0 Å². The zero-order valence-corrected chi connectivity index (χ0v) is 15.6. The third-order valence-corrected chi connectivity index (χ3v) is 5.08. The van der Waals surface area contributed by atoms with Gasteiger partial charge in [0.25, 0.3) is 0 Å². The molecule has 10 heteroatoms. The zero-order valence-electron chi connectivity index (χ0n) is 15.6. The number of carbonyl (C=O) groups is 1. The Morgan fingerprint density at radius 1 is 1.43 bits per heavy atom. The largest absolute Gasteiger partial charge is 0.488 e. The van der Waals surface area contributed by atoms with E-state index < -0.39 is 13.1 Å². The van der Waals surface area contributed by atoms with Crippen molar-refractivity contribution in [3.8, 4) is 0 Å². The van der Waals surface area contributed by atoms with Crippen molar-refractivity contribution >= 4 is 30.5 Å². The minimum absolute atomic E-state index is 0.0194. The Morgan fingerprint density at radius 3 is 2.93 bits per heavy atom. The molecule has 2 N–H and O–H groups in total. The predicted octanol–water partition coefficient (Wildman–Crippen LogP) is -0.195. The van der Waals surface area contributed by atoms with Crippen LogP contribution in [0, 0.1) is 0 Å². The monoisotopic (exact) mass is 382 g/mol. The van der Waals surface area contributed by atoms with E-state index in [9.17, 15) is 14.8 Å². The molecule has 0 bridgehead atoms. The Bertz CT molecular complexity index is 972. The second kappa shape index (κ2) is 6.97. The van der Waals surface area contributed by atoms with Crippen molar-refractivity contribution in [2.75, 3.05) is 6.61 Å². The molecule has 1 aliphatic heterocycles. The van der Waals surface area contributed by atoms with E-state index in [0.717, 1.165) is 17.8 Å². The highest BCUT2D eigenvalue weighted by Gasteiger charge is 2.59. The molecule has 1 aliphatic carbocycles. The third-order valence-electron chi connectivity index (χ3n) is 5.08. The molecule has 0 amide bonds. The fourth-order valence-corrected chi connectivity index (χ4v) is 3.65. The smallest absolute Gasteiger partial charge is 0.462 e. The number of quaternary nitrogens is 1. The average molecular weight is 382 g/mol.